The van der Waals surface area contributed by atoms with Crippen LogP contribution in [-0.4, -0.2) is 44.0 Å². The highest BCUT2D eigenvalue weighted by atomic mass is 35.5. The molecule has 1 atom stereocenters. The Bertz CT molecular complexity index is 378. The van der Waals surface area contributed by atoms with Crippen LogP contribution in [-0.2, 0) is 14.8 Å². The molecule has 0 aliphatic heterocycles. The Morgan fingerprint density at radius 1 is 1.73 bits per heavy atom. The minimum Gasteiger partial charge on any atom is -0.383 e. The number of rotatable bonds is 6. The van der Waals surface area contributed by atoms with Crippen LogP contribution >= 0.6 is 11.6 Å². The molecule has 0 bridgehead atoms. The van der Waals surface area contributed by atoms with Gasteiger partial charge in [0.25, 0.3) is 10.0 Å². The maximum Gasteiger partial charge on any atom is 0.257 e. The zero-order chi connectivity index (χ0) is 11.3. The lowest BCUT2D eigenvalue weighted by Crippen LogP contribution is -2.31. The lowest BCUT2D eigenvalue weighted by atomic mass is 10.5. The summed E-state index contributed by atoms with van der Waals surface area (Å²) in [6, 6.07) is 0. The van der Waals surface area contributed by atoms with E-state index in [2.05, 4.69) is 14.7 Å². The number of halogens is 1. The SMILES string of the molecule is COCC(Cl)CNS(=O)(=O)c1cnc[nH]1. The second-order valence-corrected chi connectivity index (χ2v) is 5.17. The molecule has 1 aromatic heterocycles. The number of hydrogen-bond donors (Lipinski definition) is 2. The van der Waals surface area contributed by atoms with E-state index in [4.69, 9.17) is 16.3 Å². The van der Waals surface area contributed by atoms with Crippen LogP contribution in [0.5, 0.6) is 0 Å². The number of H-pyrrole nitrogens is 1. The van der Waals surface area contributed by atoms with E-state index in [1.54, 1.807) is 0 Å². The molecule has 15 heavy (non-hydrogen) atoms. The Hall–Kier alpha value is -0.630. The first-order chi connectivity index (χ1) is 7.06. The molecular weight excluding hydrogens is 242 g/mol. The van der Waals surface area contributed by atoms with E-state index < -0.39 is 15.4 Å². The maximum atomic E-state index is 11.5. The predicted octanol–water partition coefficient (Wildman–Crippen LogP) is -0.0582. The van der Waals surface area contributed by atoms with Crippen molar-refractivity contribution >= 4 is 21.6 Å². The summed E-state index contributed by atoms with van der Waals surface area (Å²) in [6.45, 7) is 0.393. The number of ether oxygens (including phenoxy) is 1. The van der Waals surface area contributed by atoms with E-state index in [9.17, 15) is 8.42 Å². The van der Waals surface area contributed by atoms with E-state index in [1.165, 1.54) is 19.6 Å². The molecule has 0 aliphatic carbocycles. The smallest absolute Gasteiger partial charge is 0.257 e. The topological polar surface area (TPSA) is 84.1 Å². The van der Waals surface area contributed by atoms with Gasteiger partial charge in [0.1, 0.15) is 0 Å². The van der Waals surface area contributed by atoms with Crippen molar-refractivity contribution in [2.45, 2.75) is 10.4 Å². The molecule has 0 spiro atoms. The zero-order valence-electron chi connectivity index (χ0n) is 8.10. The quantitative estimate of drug-likeness (QED) is 0.696. The fourth-order valence-corrected chi connectivity index (χ4v) is 2.19. The Morgan fingerprint density at radius 2 is 2.47 bits per heavy atom. The van der Waals surface area contributed by atoms with E-state index >= 15 is 0 Å². The second kappa shape index (κ2) is 5.45. The Morgan fingerprint density at radius 3 is 3.00 bits per heavy atom. The van der Waals surface area contributed by atoms with Gasteiger partial charge in [-0.25, -0.2) is 18.1 Å². The molecule has 0 radical (unpaired) electrons. The largest absolute Gasteiger partial charge is 0.383 e. The average molecular weight is 254 g/mol. The number of alkyl halides is 1. The molecule has 1 rings (SSSR count). The van der Waals surface area contributed by atoms with Gasteiger partial charge in [-0.1, -0.05) is 0 Å². The molecule has 2 N–H and O–H groups in total. The Balaban J connectivity index is 2.52. The average Bonchev–Trinajstić information content (AvgIpc) is 2.69. The lowest BCUT2D eigenvalue weighted by Gasteiger charge is -2.09. The first kappa shape index (κ1) is 12.4. The molecule has 1 unspecified atom stereocenters. The summed E-state index contributed by atoms with van der Waals surface area (Å²) in [5, 5.41) is -0.378. The third-order valence-corrected chi connectivity index (χ3v) is 3.23. The fraction of sp³-hybridized carbons (Fsp3) is 0.571. The van der Waals surface area contributed by atoms with Crippen LogP contribution in [0, 0.1) is 0 Å². The third-order valence-electron chi connectivity index (χ3n) is 1.61. The lowest BCUT2D eigenvalue weighted by molar-refractivity contribution is 0.198. The number of nitrogens with zero attached hydrogens (tertiary/aromatic N) is 1. The van der Waals surface area contributed by atoms with Gasteiger partial charge in [0, 0.05) is 13.7 Å². The monoisotopic (exact) mass is 253 g/mol. The van der Waals surface area contributed by atoms with Gasteiger partial charge in [-0.15, -0.1) is 11.6 Å². The van der Waals surface area contributed by atoms with Crippen molar-refractivity contribution in [1.82, 2.24) is 14.7 Å². The number of aromatic nitrogens is 2. The van der Waals surface area contributed by atoms with Crippen LogP contribution in [0.4, 0.5) is 0 Å². The number of imidazole rings is 1. The molecule has 0 aliphatic rings. The van der Waals surface area contributed by atoms with Gasteiger partial charge in [0.2, 0.25) is 0 Å². The van der Waals surface area contributed by atoms with E-state index in [0.717, 1.165) is 0 Å². The van der Waals surface area contributed by atoms with Crippen LogP contribution in [0.1, 0.15) is 0 Å². The highest BCUT2D eigenvalue weighted by Crippen LogP contribution is 2.03. The molecule has 1 aromatic rings. The van der Waals surface area contributed by atoms with Crippen molar-refractivity contribution in [3.63, 3.8) is 0 Å². The van der Waals surface area contributed by atoms with Crippen molar-refractivity contribution in [3.8, 4) is 0 Å². The van der Waals surface area contributed by atoms with E-state index in [-0.39, 0.29) is 18.2 Å². The first-order valence-corrected chi connectivity index (χ1v) is 6.09. The van der Waals surface area contributed by atoms with Gasteiger partial charge in [-0.05, 0) is 0 Å². The van der Waals surface area contributed by atoms with Crippen LogP contribution in [0.25, 0.3) is 0 Å². The Kier molecular flexibility index (Phi) is 4.52. The zero-order valence-corrected chi connectivity index (χ0v) is 9.68. The summed E-state index contributed by atoms with van der Waals surface area (Å²) in [7, 11) is -2.04. The van der Waals surface area contributed by atoms with Crippen molar-refractivity contribution in [3.05, 3.63) is 12.5 Å². The van der Waals surface area contributed by atoms with Gasteiger partial charge < -0.3 is 9.72 Å². The Labute approximate surface area is 93.0 Å². The van der Waals surface area contributed by atoms with Crippen LogP contribution in [0.3, 0.4) is 0 Å². The molecule has 86 valence electrons. The second-order valence-electron chi connectivity index (χ2n) is 2.82. The number of nitrogens with one attached hydrogen (secondary N) is 2. The minimum absolute atomic E-state index is 0.0174. The van der Waals surface area contributed by atoms with Crippen LogP contribution < -0.4 is 4.72 Å². The summed E-state index contributed by atoms with van der Waals surface area (Å²) < 4.78 is 30.1. The molecule has 6 nitrogen and oxygen atoms in total. The third kappa shape index (κ3) is 3.78. The molecule has 1 heterocycles. The predicted molar refractivity (Wildman–Crippen MR) is 55.3 cm³/mol. The van der Waals surface area contributed by atoms with Gasteiger partial charge in [-0.2, -0.15) is 0 Å². The fourth-order valence-electron chi connectivity index (χ4n) is 0.908. The van der Waals surface area contributed by atoms with Crippen molar-refractivity contribution < 1.29 is 13.2 Å². The van der Waals surface area contributed by atoms with E-state index in [1.807, 2.05) is 0 Å². The molecule has 0 saturated carbocycles. The van der Waals surface area contributed by atoms with Crippen LogP contribution in [0.2, 0.25) is 0 Å². The summed E-state index contributed by atoms with van der Waals surface area (Å²) in [6.07, 6.45) is 2.52. The molecule has 0 aromatic carbocycles. The van der Waals surface area contributed by atoms with Gasteiger partial charge in [0.15, 0.2) is 5.03 Å². The maximum absolute atomic E-state index is 11.5. The summed E-state index contributed by atoms with van der Waals surface area (Å²) >= 11 is 5.77. The molecule has 0 amide bonds. The molecular formula is C7H12ClN3O3S. The summed E-state index contributed by atoms with van der Waals surface area (Å²) in [5.41, 5.74) is 0. The van der Waals surface area contributed by atoms with Gasteiger partial charge in [0.05, 0.1) is 24.5 Å². The number of hydrogen-bond acceptors (Lipinski definition) is 4. The van der Waals surface area contributed by atoms with Gasteiger partial charge >= 0.3 is 0 Å². The number of methoxy groups -OCH3 is 1. The minimum atomic E-state index is -3.54. The molecule has 0 fully saturated rings. The van der Waals surface area contributed by atoms with Crippen molar-refractivity contribution in [2.75, 3.05) is 20.3 Å². The summed E-state index contributed by atoms with van der Waals surface area (Å²) in [4.78, 5) is 6.12. The van der Waals surface area contributed by atoms with Crippen molar-refractivity contribution in [1.29, 1.82) is 0 Å². The van der Waals surface area contributed by atoms with Crippen molar-refractivity contribution in [2.24, 2.45) is 0 Å². The molecule has 8 heteroatoms. The number of sulfonamides is 1. The normalized spacial score (nSPS) is 14.0. The molecule has 0 saturated heterocycles. The summed E-state index contributed by atoms with van der Waals surface area (Å²) in [5.74, 6) is 0. The van der Waals surface area contributed by atoms with Gasteiger partial charge in [-0.3, -0.25) is 0 Å². The van der Waals surface area contributed by atoms with E-state index in [0.29, 0.717) is 0 Å². The first-order valence-electron chi connectivity index (χ1n) is 4.17. The highest BCUT2D eigenvalue weighted by molar-refractivity contribution is 7.89. The number of aromatic amines is 1. The highest BCUT2D eigenvalue weighted by Gasteiger charge is 2.16. The standard InChI is InChI=1S/C7H12ClN3O3S/c1-14-4-6(8)2-11-15(12,13)7-3-9-5-10-7/h3,5-6,11H,2,4H2,1H3,(H,9,10). The van der Waals surface area contributed by atoms with Crippen LogP contribution in [0.15, 0.2) is 17.6 Å².